The smallest absolute Gasteiger partial charge is 0.166 e. The lowest BCUT2D eigenvalue weighted by Crippen LogP contribution is -1.99. The first-order valence-corrected chi connectivity index (χ1v) is 4.52. The zero-order valence-corrected chi connectivity index (χ0v) is 8.56. The number of allylic oxidation sites excluding steroid dienone is 1. The predicted octanol–water partition coefficient (Wildman–Crippen LogP) is 4.18. The van der Waals surface area contributed by atoms with Gasteiger partial charge in [0.25, 0.3) is 0 Å². The van der Waals surface area contributed by atoms with Crippen molar-refractivity contribution in [3.8, 4) is 0 Å². The van der Waals surface area contributed by atoms with E-state index in [2.05, 4.69) is 21.7 Å². The fourth-order valence-corrected chi connectivity index (χ4v) is 1.06. The van der Waals surface area contributed by atoms with Crippen molar-refractivity contribution in [3.63, 3.8) is 0 Å². The molecular weight excluding hydrogens is 257 g/mol. The minimum Gasteiger partial charge on any atom is -0.166 e. The van der Waals surface area contributed by atoms with Gasteiger partial charge in [0.1, 0.15) is 0 Å². The Labute approximate surface area is 87.9 Å². The highest BCUT2D eigenvalue weighted by atomic mass is 79.9. The summed E-state index contributed by atoms with van der Waals surface area (Å²) in [4.78, 5) is 0. The van der Waals surface area contributed by atoms with Crippen LogP contribution in [-0.4, -0.2) is 6.18 Å². The fraction of sp³-hybridized carbons (Fsp3) is 0.100. The molecule has 0 unspecified atom stereocenters. The van der Waals surface area contributed by atoms with Crippen LogP contribution in [0.5, 0.6) is 0 Å². The molecule has 0 nitrogen and oxygen atoms in total. The van der Waals surface area contributed by atoms with Gasteiger partial charge < -0.3 is 0 Å². The number of benzene rings is 1. The van der Waals surface area contributed by atoms with Crippen molar-refractivity contribution >= 4 is 22.0 Å². The normalized spacial score (nSPS) is 10.6. The average Bonchev–Trinajstić information content (AvgIpc) is 2.06. The molecular formula is C10H6BrF3. The number of rotatable bonds is 1. The van der Waals surface area contributed by atoms with E-state index >= 15 is 0 Å². The topological polar surface area (TPSA) is 0 Å². The summed E-state index contributed by atoms with van der Waals surface area (Å²) in [6, 6.07) is 6.89. The molecule has 0 saturated heterocycles. The van der Waals surface area contributed by atoms with E-state index in [1.54, 1.807) is 24.3 Å². The Bertz CT molecular complexity index is 356. The van der Waals surface area contributed by atoms with E-state index in [0.29, 0.717) is 5.56 Å². The second-order valence-corrected chi connectivity index (χ2v) is 3.46. The quantitative estimate of drug-likeness (QED) is 0.667. The molecule has 0 heterocycles. The zero-order valence-electron chi connectivity index (χ0n) is 6.98. The molecule has 1 rings (SSSR count). The molecule has 0 fully saturated rings. The molecule has 0 radical (unpaired) electrons. The van der Waals surface area contributed by atoms with Gasteiger partial charge in [-0.15, -0.1) is 5.73 Å². The van der Waals surface area contributed by atoms with Crippen molar-refractivity contribution in [1.82, 2.24) is 0 Å². The lowest BCUT2D eigenvalue weighted by Gasteiger charge is -1.93. The molecule has 0 N–H and O–H groups in total. The average molecular weight is 263 g/mol. The van der Waals surface area contributed by atoms with Crippen LogP contribution in [0.2, 0.25) is 0 Å². The second-order valence-electron chi connectivity index (χ2n) is 2.55. The van der Waals surface area contributed by atoms with E-state index in [-0.39, 0.29) is 6.08 Å². The van der Waals surface area contributed by atoms with Gasteiger partial charge in [0.15, 0.2) is 0 Å². The van der Waals surface area contributed by atoms with Gasteiger partial charge >= 0.3 is 6.18 Å². The number of hydrogen-bond acceptors (Lipinski definition) is 0. The first-order valence-electron chi connectivity index (χ1n) is 3.73. The Kier molecular flexibility index (Phi) is 3.55. The van der Waals surface area contributed by atoms with Crippen molar-refractivity contribution in [1.29, 1.82) is 0 Å². The molecule has 0 amide bonds. The van der Waals surface area contributed by atoms with Crippen LogP contribution >= 0.6 is 15.9 Å². The maximum Gasteiger partial charge on any atom is 0.416 e. The van der Waals surface area contributed by atoms with Gasteiger partial charge in [0.2, 0.25) is 0 Å². The molecule has 0 spiro atoms. The minimum atomic E-state index is -4.30. The van der Waals surface area contributed by atoms with Crippen molar-refractivity contribution in [2.45, 2.75) is 6.18 Å². The summed E-state index contributed by atoms with van der Waals surface area (Å²) in [5.74, 6) is 0. The highest BCUT2D eigenvalue weighted by Crippen LogP contribution is 2.16. The molecule has 0 aromatic heterocycles. The molecule has 0 bridgehead atoms. The summed E-state index contributed by atoms with van der Waals surface area (Å²) in [6.45, 7) is 0. The minimum absolute atomic E-state index is 0.0784. The Morgan fingerprint density at radius 1 is 1.14 bits per heavy atom. The molecule has 14 heavy (non-hydrogen) atoms. The van der Waals surface area contributed by atoms with E-state index in [4.69, 9.17) is 0 Å². The van der Waals surface area contributed by atoms with Gasteiger partial charge in [0.05, 0.1) is 6.08 Å². The lowest BCUT2D eigenvalue weighted by molar-refractivity contribution is -0.0796. The van der Waals surface area contributed by atoms with Gasteiger partial charge in [-0.3, -0.25) is 0 Å². The Balaban J connectivity index is 2.79. The highest BCUT2D eigenvalue weighted by molar-refractivity contribution is 9.10. The number of hydrogen-bond donors (Lipinski definition) is 0. The third-order valence-corrected chi connectivity index (χ3v) is 1.90. The lowest BCUT2D eigenvalue weighted by atomic mass is 10.2. The first-order chi connectivity index (χ1) is 6.47. The van der Waals surface area contributed by atoms with Crippen LogP contribution in [0, 0.1) is 0 Å². The van der Waals surface area contributed by atoms with Gasteiger partial charge in [0, 0.05) is 4.47 Å². The van der Waals surface area contributed by atoms with Crippen molar-refractivity contribution in [2.24, 2.45) is 0 Å². The van der Waals surface area contributed by atoms with E-state index in [1.165, 1.54) is 6.08 Å². The molecule has 0 saturated carbocycles. The molecule has 0 aliphatic rings. The first kappa shape index (κ1) is 11.1. The second kappa shape index (κ2) is 4.49. The molecule has 74 valence electrons. The predicted molar refractivity (Wildman–Crippen MR) is 52.7 cm³/mol. The zero-order chi connectivity index (χ0) is 10.6. The van der Waals surface area contributed by atoms with Crippen LogP contribution in [0.4, 0.5) is 13.2 Å². The van der Waals surface area contributed by atoms with E-state index < -0.39 is 6.18 Å². The van der Waals surface area contributed by atoms with E-state index in [0.717, 1.165) is 4.47 Å². The van der Waals surface area contributed by atoms with Crippen molar-refractivity contribution < 1.29 is 13.2 Å². The van der Waals surface area contributed by atoms with Crippen LogP contribution < -0.4 is 0 Å². The summed E-state index contributed by atoms with van der Waals surface area (Å²) >= 11 is 3.22. The van der Waals surface area contributed by atoms with E-state index in [9.17, 15) is 13.2 Å². The summed E-state index contributed by atoms with van der Waals surface area (Å²) in [5.41, 5.74) is 2.75. The number of alkyl halides is 3. The van der Waals surface area contributed by atoms with Crippen LogP contribution in [0.1, 0.15) is 5.56 Å². The van der Waals surface area contributed by atoms with Gasteiger partial charge in [-0.2, -0.15) is 13.2 Å². The van der Waals surface area contributed by atoms with Crippen molar-refractivity contribution in [2.75, 3.05) is 0 Å². The van der Waals surface area contributed by atoms with Gasteiger partial charge in [-0.25, -0.2) is 0 Å². The standard InChI is InChI=1S/C10H6BrF3/c11-9-5-3-8(4-6-9)2-1-7-10(12,13)14/h2-7H. The molecule has 0 aliphatic carbocycles. The Hall–Kier alpha value is -0.990. The molecule has 1 aromatic carbocycles. The summed E-state index contributed by atoms with van der Waals surface area (Å²) in [7, 11) is 0. The molecule has 1 aromatic rings. The van der Waals surface area contributed by atoms with Crippen LogP contribution in [0.3, 0.4) is 0 Å². The maximum absolute atomic E-state index is 11.7. The Morgan fingerprint density at radius 3 is 2.21 bits per heavy atom. The summed E-state index contributed by atoms with van der Waals surface area (Å²) in [6.07, 6.45) is -2.94. The Morgan fingerprint density at radius 2 is 1.71 bits per heavy atom. The largest absolute Gasteiger partial charge is 0.416 e. The van der Waals surface area contributed by atoms with Crippen LogP contribution in [-0.2, 0) is 0 Å². The molecule has 4 heteroatoms. The SMILES string of the molecule is FC(F)(F)C=C=Cc1ccc(Br)cc1. The third kappa shape index (κ3) is 4.30. The maximum atomic E-state index is 11.7. The van der Waals surface area contributed by atoms with E-state index in [1.807, 2.05) is 0 Å². The third-order valence-electron chi connectivity index (χ3n) is 1.37. The monoisotopic (exact) mass is 262 g/mol. The van der Waals surface area contributed by atoms with Crippen molar-refractivity contribution in [3.05, 3.63) is 46.1 Å². The molecule has 0 aliphatic heterocycles. The van der Waals surface area contributed by atoms with Gasteiger partial charge in [-0.1, -0.05) is 28.1 Å². The fourth-order valence-electron chi connectivity index (χ4n) is 0.791. The highest BCUT2D eigenvalue weighted by Gasteiger charge is 2.21. The molecule has 0 atom stereocenters. The van der Waals surface area contributed by atoms with Crippen LogP contribution in [0.15, 0.2) is 40.5 Å². The summed E-state index contributed by atoms with van der Waals surface area (Å²) in [5, 5.41) is 0. The number of halogens is 4. The van der Waals surface area contributed by atoms with Crippen LogP contribution in [0.25, 0.3) is 6.08 Å². The summed E-state index contributed by atoms with van der Waals surface area (Å²) < 4.78 is 35.9. The van der Waals surface area contributed by atoms with Gasteiger partial charge in [-0.05, 0) is 23.8 Å².